The van der Waals surface area contributed by atoms with Gasteiger partial charge in [0.05, 0.1) is 130 Å². The zero-order chi connectivity index (χ0) is 87.1. The molecular formula is C98H91N19O4S4. The number of amides is 4. The minimum Gasteiger partial charge on any atom is -0.337 e. The molecule has 0 radical (unpaired) electrons. The molecule has 0 unspecified atom stereocenters. The minimum atomic E-state index is -0.0189. The Morgan fingerprint density at radius 2 is 0.640 bits per heavy atom. The molecule has 125 heavy (non-hydrogen) atoms. The number of hydrogen-bond acceptors (Lipinski definition) is 20. The summed E-state index contributed by atoms with van der Waals surface area (Å²) in [6.45, 7) is 17.1. The van der Waals surface area contributed by atoms with E-state index >= 15 is 0 Å². The molecule has 12 heterocycles. The van der Waals surface area contributed by atoms with Gasteiger partial charge in [-0.25, -0.2) is 39.9 Å². The Balaban J connectivity index is 0.000000123. The van der Waals surface area contributed by atoms with Crippen molar-refractivity contribution in [3.8, 4) is 111 Å². The number of nitriles is 4. The van der Waals surface area contributed by atoms with E-state index in [0.717, 1.165) is 217 Å². The molecule has 19 rings (SSSR count). The highest BCUT2D eigenvalue weighted by molar-refractivity contribution is 7.18. The fourth-order valence-corrected chi connectivity index (χ4v) is 20.5. The number of imidazole rings is 3. The summed E-state index contributed by atoms with van der Waals surface area (Å²) < 4.78 is 5.85. The number of hydrogen-bond donors (Lipinski definition) is 0. The lowest BCUT2D eigenvalue weighted by Crippen LogP contribution is -2.39. The molecule has 0 aliphatic carbocycles. The molecule has 4 aliphatic heterocycles. The molecule has 4 fully saturated rings. The minimum absolute atomic E-state index is 0.00149. The van der Waals surface area contributed by atoms with Gasteiger partial charge in [-0.3, -0.25) is 19.2 Å². The first-order valence-electron chi connectivity index (χ1n) is 42.0. The Bertz CT molecular complexity index is 6490. The van der Waals surface area contributed by atoms with Gasteiger partial charge in [-0.15, -0.1) is 45.3 Å². The molecule has 0 N–H and O–H groups in total. The number of piperidine rings is 4. The number of pyridine rings is 1. The second-order valence-electron chi connectivity index (χ2n) is 32.9. The fraction of sp³-hybridized carbons (Fsp3) is 0.286. The molecule has 23 nitrogen and oxygen atoms in total. The maximum atomic E-state index is 13.3. The Kier molecular flexibility index (Phi) is 25.6. The van der Waals surface area contributed by atoms with E-state index in [-0.39, 0.29) is 23.6 Å². The predicted molar refractivity (Wildman–Crippen MR) is 493 cm³/mol. The van der Waals surface area contributed by atoms with Crippen molar-refractivity contribution < 1.29 is 19.2 Å². The van der Waals surface area contributed by atoms with Crippen molar-refractivity contribution >= 4 is 102 Å². The zero-order valence-corrected chi connectivity index (χ0v) is 74.0. The van der Waals surface area contributed by atoms with Crippen LogP contribution in [-0.2, 0) is 21.1 Å². The third-order valence-electron chi connectivity index (χ3n) is 23.4. The van der Waals surface area contributed by atoms with Crippen LogP contribution in [0.1, 0.15) is 146 Å². The number of likely N-dealkylation sites (tertiary alicyclic amines) is 4. The van der Waals surface area contributed by atoms with E-state index in [0.29, 0.717) is 66.0 Å². The van der Waals surface area contributed by atoms with Crippen LogP contribution in [0.15, 0.2) is 189 Å². The smallest absolute Gasteiger partial charge is 0.282 e. The molecular weight excluding hydrogens is 1640 g/mol. The third-order valence-corrected chi connectivity index (χ3v) is 27.8. The molecule has 3 atom stereocenters. The molecule has 4 saturated heterocycles. The Hall–Kier alpha value is -13.5. The first-order valence-corrected chi connectivity index (χ1v) is 45.3. The summed E-state index contributed by atoms with van der Waals surface area (Å²) in [6.07, 6.45) is 15.8. The van der Waals surface area contributed by atoms with Crippen LogP contribution >= 0.6 is 45.3 Å². The van der Waals surface area contributed by atoms with E-state index in [9.17, 15) is 19.2 Å². The summed E-state index contributed by atoms with van der Waals surface area (Å²) in [6, 6.07) is 60.6. The number of carbonyl (C=O) groups is 4. The van der Waals surface area contributed by atoms with E-state index in [1.165, 1.54) is 57.3 Å². The first-order chi connectivity index (χ1) is 60.6. The van der Waals surface area contributed by atoms with Crippen molar-refractivity contribution in [1.82, 2.24) is 73.2 Å². The fourth-order valence-electron chi connectivity index (χ4n) is 16.3. The molecule has 0 spiro atoms. The SMILES string of the molecule is CC1CCN(C(=O)c2nc(-c3ccc(C#N)cc3)c(-c3ccc4c(c3)ncn4C)s2)CC1.C[C@@H]1CCCN(C(=O)c2nc(-c3ccc(C#N)cc3)c(-c3cnc4c(c3)ncn4C)s2)C1.C[C@H]1CCCN(C(=O)c2nc(-c3ccc(C#N)cc3)c(-c3ccc4c(c3)ncn4C)s2)C1.Cc1ccc(-c2sc(C(=O)N3CCC[C@@H](C)C3)nc2-c2ccc(C#N)cc2)cc1. The van der Waals surface area contributed by atoms with Gasteiger partial charge in [0, 0.05) is 108 Å². The number of aryl methyl sites for hydroxylation is 4. The average molecular weight is 1730 g/mol. The van der Waals surface area contributed by atoms with E-state index in [1.807, 2.05) is 140 Å². The van der Waals surface area contributed by atoms with Crippen LogP contribution in [-0.4, -0.2) is 149 Å². The van der Waals surface area contributed by atoms with Gasteiger partial charge in [0.25, 0.3) is 23.6 Å². The number of nitrogens with zero attached hydrogens (tertiary/aromatic N) is 19. The lowest BCUT2D eigenvalue weighted by atomic mass is 9.99. The van der Waals surface area contributed by atoms with Gasteiger partial charge in [-0.2, -0.15) is 21.0 Å². The molecule has 15 aromatic rings. The zero-order valence-electron chi connectivity index (χ0n) is 70.8. The van der Waals surface area contributed by atoms with Crippen LogP contribution < -0.4 is 0 Å². The number of fused-ring (bicyclic) bond motifs is 3. The highest BCUT2D eigenvalue weighted by Crippen LogP contribution is 2.44. The highest BCUT2D eigenvalue weighted by atomic mass is 32.1. The van der Waals surface area contributed by atoms with Crippen LogP contribution in [0.3, 0.4) is 0 Å². The van der Waals surface area contributed by atoms with E-state index in [4.69, 9.17) is 41.0 Å². The van der Waals surface area contributed by atoms with Gasteiger partial charge >= 0.3 is 0 Å². The number of thiazole rings is 4. The standard InChI is InChI=1S/2C25H23N5OS.C24H22N6OS.C24H23N3OS/c1-16-9-11-30(12-10-16)25(31)24-28-22(18-5-3-17(14-26)4-6-18)23(32-24)19-7-8-21-20(13-19)27-15-29(21)2;1-16-4-3-11-30(14-16)25(31)24-28-22(18-7-5-17(13-26)6-8-18)23(32-24)19-9-10-21-20(12-19)27-15-29(21)2;1-15-4-3-9-30(13-15)24(31)23-28-20(17-7-5-16(11-25)6-8-17)21(32-23)18-10-19-22(26-12-18)29(2)14-27-19;1-16-5-9-20(10-6-16)22-21(19-11-7-18(14-25)8-12-19)26-23(29-22)24(28)27-13-3-4-17(2)15-27/h3-8,13,15-16H,9-12H2,1-2H3;5-10,12,15-16H,3-4,11,14H2,1-2H3;5-8,10,12,14-15H,3-4,9,13H2,1-2H3;5-12,17H,3-4,13,15H2,1-2H3/t;16-;15-;17-/m.011/s1. The molecule has 0 bridgehead atoms. The average Bonchev–Trinajstić information content (AvgIpc) is 1.66. The Labute approximate surface area is 741 Å². The maximum absolute atomic E-state index is 13.3. The molecule has 8 aromatic heterocycles. The summed E-state index contributed by atoms with van der Waals surface area (Å²) in [4.78, 5) is 102. The monoisotopic (exact) mass is 1730 g/mol. The van der Waals surface area contributed by atoms with Crippen LogP contribution in [0, 0.1) is 75.9 Å². The van der Waals surface area contributed by atoms with Crippen molar-refractivity contribution in [3.05, 3.63) is 237 Å². The summed E-state index contributed by atoms with van der Waals surface area (Å²) in [5.41, 5.74) is 19.6. The van der Waals surface area contributed by atoms with Gasteiger partial charge in [-0.1, -0.05) is 118 Å². The van der Waals surface area contributed by atoms with Crippen LogP contribution in [0.4, 0.5) is 0 Å². The normalized spacial score (nSPS) is 15.9. The van der Waals surface area contributed by atoms with Gasteiger partial charge in [0.15, 0.2) is 25.7 Å². The van der Waals surface area contributed by atoms with Gasteiger partial charge in [-0.05, 0) is 178 Å². The number of aromatic nitrogens is 11. The van der Waals surface area contributed by atoms with Crippen molar-refractivity contribution in [2.24, 2.45) is 44.8 Å². The molecule has 4 amide bonds. The van der Waals surface area contributed by atoms with Crippen molar-refractivity contribution in [3.63, 3.8) is 0 Å². The maximum Gasteiger partial charge on any atom is 0.282 e. The summed E-state index contributed by atoms with van der Waals surface area (Å²) >= 11 is 5.72. The van der Waals surface area contributed by atoms with Crippen molar-refractivity contribution in [2.75, 3.05) is 52.4 Å². The Morgan fingerprint density at radius 1 is 0.336 bits per heavy atom. The molecule has 4 aliphatic rings. The number of benzene rings is 7. The molecule has 626 valence electrons. The summed E-state index contributed by atoms with van der Waals surface area (Å²) in [5.74, 6) is 2.21. The summed E-state index contributed by atoms with van der Waals surface area (Å²) in [7, 11) is 5.85. The van der Waals surface area contributed by atoms with Crippen LogP contribution in [0.5, 0.6) is 0 Å². The van der Waals surface area contributed by atoms with E-state index < -0.39 is 0 Å². The van der Waals surface area contributed by atoms with Gasteiger partial charge in [0.1, 0.15) is 5.52 Å². The van der Waals surface area contributed by atoms with Gasteiger partial charge < -0.3 is 33.3 Å². The quantitative estimate of drug-likeness (QED) is 0.110. The van der Waals surface area contributed by atoms with Crippen molar-refractivity contribution in [2.45, 2.75) is 86.0 Å². The largest absolute Gasteiger partial charge is 0.337 e. The topological polar surface area (TPSA) is 294 Å². The van der Waals surface area contributed by atoms with E-state index in [2.05, 4.69) is 115 Å². The van der Waals surface area contributed by atoms with Gasteiger partial charge in [0.2, 0.25) is 0 Å². The highest BCUT2D eigenvalue weighted by Gasteiger charge is 2.33. The van der Waals surface area contributed by atoms with E-state index in [1.54, 1.807) is 67.5 Å². The first kappa shape index (κ1) is 85.0. The molecule has 0 saturated carbocycles. The number of carbonyl (C=O) groups excluding carboxylic acids is 4. The van der Waals surface area contributed by atoms with Crippen molar-refractivity contribution in [1.29, 1.82) is 21.0 Å². The third kappa shape index (κ3) is 18.9. The van der Waals surface area contributed by atoms with Crippen LogP contribution in [0.2, 0.25) is 0 Å². The molecule has 7 aromatic carbocycles. The number of rotatable bonds is 12. The second-order valence-corrected chi connectivity index (χ2v) is 36.9. The Morgan fingerprint density at radius 3 is 0.992 bits per heavy atom. The summed E-state index contributed by atoms with van der Waals surface area (Å²) in [5, 5.41) is 38.6. The second kappa shape index (κ2) is 37.7. The predicted octanol–water partition coefficient (Wildman–Crippen LogP) is 20.2. The lowest BCUT2D eigenvalue weighted by molar-refractivity contribution is 0.0676. The lowest BCUT2D eigenvalue weighted by Gasteiger charge is -2.30. The van der Waals surface area contributed by atoms with Crippen LogP contribution in [0.25, 0.3) is 120 Å². The molecule has 27 heteroatoms.